The fourth-order valence-electron chi connectivity index (χ4n) is 4.15. The summed E-state index contributed by atoms with van der Waals surface area (Å²) in [6.45, 7) is 2.97. The van der Waals surface area contributed by atoms with Crippen molar-refractivity contribution in [3.63, 3.8) is 0 Å². The highest BCUT2D eigenvalue weighted by atomic mass is 16.5. The molecule has 0 heterocycles. The Morgan fingerprint density at radius 3 is 2.18 bits per heavy atom. The van der Waals surface area contributed by atoms with Crippen molar-refractivity contribution in [2.75, 3.05) is 27.7 Å². The molecule has 0 N–H and O–H groups in total. The van der Waals surface area contributed by atoms with E-state index in [-0.39, 0.29) is 12.1 Å². The minimum absolute atomic E-state index is 0.0499. The number of nitrogens with zero attached hydrogens (tertiary/aromatic N) is 1. The van der Waals surface area contributed by atoms with Gasteiger partial charge in [-0.2, -0.15) is 0 Å². The third-order valence-electron chi connectivity index (χ3n) is 6.05. The lowest BCUT2D eigenvalue weighted by Gasteiger charge is -2.22. The van der Waals surface area contributed by atoms with E-state index >= 15 is 0 Å². The van der Waals surface area contributed by atoms with Crippen molar-refractivity contribution in [3.05, 3.63) is 65.2 Å². The fraction of sp³-hybridized carbons (Fsp3) is 0.552. The van der Waals surface area contributed by atoms with Gasteiger partial charge in [0.05, 0.1) is 7.11 Å². The van der Waals surface area contributed by atoms with Crippen LogP contribution in [0.2, 0.25) is 0 Å². The third kappa shape index (κ3) is 10.9. The summed E-state index contributed by atoms with van der Waals surface area (Å²) < 4.78 is 11.1. The second-order valence-corrected chi connectivity index (χ2v) is 9.19. The Bertz CT molecular complexity index is 801. The molecule has 0 saturated carbocycles. The number of esters is 1. The van der Waals surface area contributed by atoms with Crippen LogP contribution in [0.4, 0.5) is 0 Å². The predicted molar refractivity (Wildman–Crippen MR) is 137 cm³/mol. The molecular weight excluding hydrogens is 410 g/mol. The Kier molecular flexibility index (Phi) is 12.6. The van der Waals surface area contributed by atoms with E-state index in [4.69, 9.17) is 9.47 Å². The van der Waals surface area contributed by atoms with Gasteiger partial charge in [-0.05, 0) is 75.0 Å². The van der Waals surface area contributed by atoms with Crippen LogP contribution in [0.25, 0.3) is 0 Å². The molecule has 2 aromatic rings. The number of hydrogen-bond donors (Lipinski definition) is 0. The number of hydrogen-bond acceptors (Lipinski definition) is 4. The first-order chi connectivity index (χ1) is 16.0. The van der Waals surface area contributed by atoms with Gasteiger partial charge in [0.1, 0.15) is 11.9 Å². The van der Waals surface area contributed by atoms with E-state index in [0.29, 0.717) is 6.42 Å². The normalized spacial score (nSPS) is 12.0. The molecule has 0 radical (unpaired) electrons. The van der Waals surface area contributed by atoms with E-state index in [1.165, 1.54) is 36.0 Å². The highest BCUT2D eigenvalue weighted by Gasteiger charge is 2.16. The van der Waals surface area contributed by atoms with Crippen molar-refractivity contribution in [1.29, 1.82) is 0 Å². The standard InChI is InChI=1S/C29H43NO3/c1-5-6-7-8-9-14-29(31)33-28(23-30(2)3)22-19-26-13-11-10-12-25(26)18-15-24-16-20-27(32-4)21-17-24/h10-13,16-17,20-21,28H,5-9,14-15,18-19,22-23H2,1-4H3/t28-/m1/s1. The van der Waals surface area contributed by atoms with Gasteiger partial charge < -0.3 is 14.4 Å². The molecule has 182 valence electrons. The second kappa shape index (κ2) is 15.5. The summed E-state index contributed by atoms with van der Waals surface area (Å²) in [7, 11) is 5.77. The average molecular weight is 454 g/mol. The number of benzene rings is 2. The molecular formula is C29H43NO3. The molecule has 0 aliphatic carbocycles. The number of likely N-dealkylation sites (N-methyl/N-ethyl adjacent to an activating group) is 1. The molecule has 4 heteroatoms. The van der Waals surface area contributed by atoms with Crippen LogP contribution in [0.5, 0.6) is 5.75 Å². The quantitative estimate of drug-likeness (QED) is 0.222. The molecule has 0 unspecified atom stereocenters. The van der Waals surface area contributed by atoms with Crippen molar-refractivity contribution < 1.29 is 14.3 Å². The molecule has 2 aromatic carbocycles. The Labute approximate surface area is 201 Å². The number of carbonyl (C=O) groups excluding carboxylic acids is 1. The zero-order valence-corrected chi connectivity index (χ0v) is 21.1. The maximum absolute atomic E-state index is 12.4. The van der Waals surface area contributed by atoms with E-state index in [2.05, 4.69) is 48.2 Å². The molecule has 33 heavy (non-hydrogen) atoms. The summed E-state index contributed by atoms with van der Waals surface area (Å²) in [6.07, 6.45) is 9.94. The van der Waals surface area contributed by atoms with Gasteiger partial charge in [0, 0.05) is 13.0 Å². The Balaban J connectivity index is 1.88. The summed E-state index contributed by atoms with van der Waals surface area (Å²) in [5, 5.41) is 0. The lowest BCUT2D eigenvalue weighted by molar-refractivity contribution is -0.150. The van der Waals surface area contributed by atoms with E-state index in [1.807, 2.05) is 26.2 Å². The number of methoxy groups -OCH3 is 1. The van der Waals surface area contributed by atoms with Crippen molar-refractivity contribution in [2.24, 2.45) is 0 Å². The lowest BCUT2D eigenvalue weighted by Crippen LogP contribution is -2.31. The maximum Gasteiger partial charge on any atom is 0.306 e. The summed E-state index contributed by atoms with van der Waals surface area (Å²) in [4.78, 5) is 14.5. The minimum Gasteiger partial charge on any atom is -0.497 e. The minimum atomic E-state index is -0.0715. The molecule has 0 amide bonds. The molecule has 1 atom stereocenters. The van der Waals surface area contributed by atoms with E-state index < -0.39 is 0 Å². The third-order valence-corrected chi connectivity index (χ3v) is 6.05. The van der Waals surface area contributed by atoms with E-state index in [0.717, 1.165) is 50.8 Å². The summed E-state index contributed by atoms with van der Waals surface area (Å²) >= 11 is 0. The molecule has 0 aliphatic rings. The van der Waals surface area contributed by atoms with Gasteiger partial charge in [0.25, 0.3) is 0 Å². The SMILES string of the molecule is CCCCCCCC(=O)O[C@H](CCc1ccccc1CCc1ccc(OC)cc1)CN(C)C. The van der Waals surface area contributed by atoms with Gasteiger partial charge in [-0.1, -0.05) is 69.0 Å². The molecule has 4 nitrogen and oxygen atoms in total. The van der Waals surface area contributed by atoms with Crippen molar-refractivity contribution in [2.45, 2.75) is 77.2 Å². The second-order valence-electron chi connectivity index (χ2n) is 9.19. The summed E-state index contributed by atoms with van der Waals surface area (Å²) in [5.74, 6) is 0.840. The van der Waals surface area contributed by atoms with Crippen molar-refractivity contribution >= 4 is 5.97 Å². The summed E-state index contributed by atoms with van der Waals surface area (Å²) in [6, 6.07) is 17.0. The van der Waals surface area contributed by atoms with Crippen LogP contribution in [0.3, 0.4) is 0 Å². The maximum atomic E-state index is 12.4. The fourth-order valence-corrected chi connectivity index (χ4v) is 4.15. The summed E-state index contributed by atoms with van der Waals surface area (Å²) in [5.41, 5.74) is 4.04. The highest BCUT2D eigenvalue weighted by molar-refractivity contribution is 5.69. The molecule has 0 bridgehead atoms. The van der Waals surface area contributed by atoms with Gasteiger partial charge >= 0.3 is 5.97 Å². The van der Waals surface area contributed by atoms with Gasteiger partial charge in [0.2, 0.25) is 0 Å². The first-order valence-electron chi connectivity index (χ1n) is 12.6. The monoisotopic (exact) mass is 453 g/mol. The van der Waals surface area contributed by atoms with Crippen LogP contribution in [-0.4, -0.2) is 44.7 Å². The first kappa shape index (κ1) is 26.9. The zero-order valence-electron chi connectivity index (χ0n) is 21.1. The lowest BCUT2D eigenvalue weighted by atomic mass is 9.96. The van der Waals surface area contributed by atoms with Crippen LogP contribution in [-0.2, 0) is 28.8 Å². The number of aryl methyl sites for hydroxylation is 3. The van der Waals surface area contributed by atoms with Crippen LogP contribution in [0, 0.1) is 0 Å². The van der Waals surface area contributed by atoms with Crippen LogP contribution in [0.1, 0.15) is 68.6 Å². The van der Waals surface area contributed by atoms with Gasteiger partial charge in [0.15, 0.2) is 0 Å². The number of carbonyl (C=O) groups is 1. The van der Waals surface area contributed by atoms with Crippen LogP contribution in [0.15, 0.2) is 48.5 Å². The Morgan fingerprint density at radius 2 is 1.55 bits per heavy atom. The number of unbranched alkanes of at least 4 members (excludes halogenated alkanes) is 4. The molecule has 2 rings (SSSR count). The average Bonchev–Trinajstić information content (AvgIpc) is 2.81. The highest BCUT2D eigenvalue weighted by Crippen LogP contribution is 2.18. The predicted octanol–water partition coefficient (Wildman–Crippen LogP) is 6.25. The first-order valence-corrected chi connectivity index (χ1v) is 12.6. The van der Waals surface area contributed by atoms with Crippen LogP contribution >= 0.6 is 0 Å². The van der Waals surface area contributed by atoms with E-state index in [9.17, 15) is 4.79 Å². The van der Waals surface area contributed by atoms with Crippen LogP contribution < -0.4 is 4.74 Å². The molecule has 0 aliphatic heterocycles. The topological polar surface area (TPSA) is 38.8 Å². The number of ether oxygens (including phenoxy) is 2. The Hall–Kier alpha value is -2.33. The number of rotatable bonds is 16. The van der Waals surface area contributed by atoms with Gasteiger partial charge in [-0.3, -0.25) is 4.79 Å². The van der Waals surface area contributed by atoms with Crippen molar-refractivity contribution in [3.8, 4) is 5.75 Å². The molecule has 0 saturated heterocycles. The van der Waals surface area contributed by atoms with Gasteiger partial charge in [-0.25, -0.2) is 0 Å². The Morgan fingerprint density at radius 1 is 0.879 bits per heavy atom. The molecule has 0 spiro atoms. The van der Waals surface area contributed by atoms with Gasteiger partial charge in [-0.15, -0.1) is 0 Å². The zero-order chi connectivity index (χ0) is 23.9. The largest absolute Gasteiger partial charge is 0.497 e. The molecule has 0 fully saturated rings. The smallest absolute Gasteiger partial charge is 0.306 e. The van der Waals surface area contributed by atoms with E-state index in [1.54, 1.807) is 7.11 Å². The van der Waals surface area contributed by atoms with Crippen molar-refractivity contribution in [1.82, 2.24) is 4.90 Å². The molecule has 0 aromatic heterocycles.